The molecule has 2 heterocycles. The van der Waals surface area contributed by atoms with Gasteiger partial charge in [-0.15, -0.1) is 0 Å². The lowest BCUT2D eigenvalue weighted by Crippen LogP contribution is -2.34. The molecule has 1 atom stereocenters. The molecular weight excluding hydrogens is 328 g/mol. The Kier molecular flexibility index (Phi) is 4.39. The summed E-state index contributed by atoms with van der Waals surface area (Å²) >= 11 is 0. The number of nitrogens with one attached hydrogen (secondary N) is 1. The first-order chi connectivity index (χ1) is 12.7. The molecule has 6 heteroatoms. The molecule has 1 aliphatic rings. The van der Waals surface area contributed by atoms with Gasteiger partial charge in [0.2, 0.25) is 11.7 Å². The Morgan fingerprint density at radius 1 is 1.19 bits per heavy atom. The summed E-state index contributed by atoms with van der Waals surface area (Å²) in [7, 11) is 0. The number of amides is 2. The fourth-order valence-corrected chi connectivity index (χ4v) is 3.26. The third-order valence-electron chi connectivity index (χ3n) is 4.54. The van der Waals surface area contributed by atoms with Crippen LogP contribution in [0.4, 0.5) is 10.5 Å². The predicted octanol–water partition coefficient (Wildman–Crippen LogP) is 4.41. The topological polar surface area (TPSA) is 71.3 Å². The van der Waals surface area contributed by atoms with Crippen molar-refractivity contribution in [1.82, 2.24) is 15.0 Å². The van der Waals surface area contributed by atoms with E-state index in [2.05, 4.69) is 15.5 Å². The van der Waals surface area contributed by atoms with Crippen LogP contribution in [0.1, 0.15) is 30.3 Å². The molecule has 2 aromatic carbocycles. The summed E-state index contributed by atoms with van der Waals surface area (Å²) in [4.78, 5) is 19.0. The molecule has 2 amide bonds. The van der Waals surface area contributed by atoms with Gasteiger partial charge in [0.1, 0.15) is 6.04 Å². The van der Waals surface area contributed by atoms with Crippen molar-refractivity contribution in [2.24, 2.45) is 0 Å². The summed E-state index contributed by atoms with van der Waals surface area (Å²) in [6.07, 6.45) is 1.73. The summed E-state index contributed by atoms with van der Waals surface area (Å²) in [5.41, 5.74) is 2.82. The lowest BCUT2D eigenvalue weighted by atomic mass is 10.1. The fourth-order valence-electron chi connectivity index (χ4n) is 3.26. The maximum Gasteiger partial charge on any atom is 0.322 e. The molecule has 1 fully saturated rings. The van der Waals surface area contributed by atoms with Crippen LogP contribution < -0.4 is 5.32 Å². The number of aryl methyl sites for hydroxylation is 1. The molecule has 132 valence electrons. The van der Waals surface area contributed by atoms with Crippen molar-refractivity contribution in [2.45, 2.75) is 25.8 Å². The minimum absolute atomic E-state index is 0.144. The van der Waals surface area contributed by atoms with E-state index in [4.69, 9.17) is 4.52 Å². The number of nitrogens with zero attached hydrogens (tertiary/aromatic N) is 3. The molecule has 1 aromatic heterocycles. The summed E-state index contributed by atoms with van der Waals surface area (Å²) in [5.74, 6) is 1.04. The van der Waals surface area contributed by atoms with Crippen LogP contribution in [0.2, 0.25) is 0 Å². The molecule has 26 heavy (non-hydrogen) atoms. The van der Waals surface area contributed by atoms with Gasteiger partial charge in [0.15, 0.2) is 0 Å². The van der Waals surface area contributed by atoms with Crippen LogP contribution in [0.3, 0.4) is 0 Å². The van der Waals surface area contributed by atoms with Gasteiger partial charge >= 0.3 is 6.03 Å². The van der Waals surface area contributed by atoms with E-state index in [1.54, 1.807) is 4.90 Å². The highest BCUT2D eigenvalue weighted by Crippen LogP contribution is 2.32. The van der Waals surface area contributed by atoms with Gasteiger partial charge in [-0.05, 0) is 38.0 Å². The van der Waals surface area contributed by atoms with Crippen molar-refractivity contribution in [2.75, 3.05) is 11.9 Å². The van der Waals surface area contributed by atoms with Crippen LogP contribution in [0, 0.1) is 6.92 Å². The van der Waals surface area contributed by atoms with Gasteiger partial charge in [0.25, 0.3) is 0 Å². The molecule has 4 rings (SSSR count). The average molecular weight is 348 g/mol. The van der Waals surface area contributed by atoms with E-state index in [9.17, 15) is 4.79 Å². The first-order valence-electron chi connectivity index (χ1n) is 8.74. The highest BCUT2D eigenvalue weighted by atomic mass is 16.5. The Morgan fingerprint density at radius 3 is 2.85 bits per heavy atom. The number of hydrogen-bond acceptors (Lipinski definition) is 4. The molecule has 0 saturated carbocycles. The zero-order valence-electron chi connectivity index (χ0n) is 14.6. The van der Waals surface area contributed by atoms with Gasteiger partial charge in [0.05, 0.1) is 0 Å². The Balaban J connectivity index is 1.52. The molecule has 0 bridgehead atoms. The number of para-hydroxylation sites is 1. The van der Waals surface area contributed by atoms with Crippen LogP contribution in [-0.4, -0.2) is 27.6 Å². The van der Waals surface area contributed by atoms with Gasteiger partial charge in [-0.3, -0.25) is 0 Å². The van der Waals surface area contributed by atoms with Crippen molar-refractivity contribution in [3.8, 4) is 11.4 Å². The summed E-state index contributed by atoms with van der Waals surface area (Å²) in [6, 6.07) is 17.1. The molecule has 1 aliphatic heterocycles. The third kappa shape index (κ3) is 3.31. The Morgan fingerprint density at radius 2 is 2.04 bits per heavy atom. The number of aromatic nitrogens is 2. The third-order valence-corrected chi connectivity index (χ3v) is 4.54. The second-order valence-electron chi connectivity index (χ2n) is 6.47. The lowest BCUT2D eigenvalue weighted by Gasteiger charge is -2.22. The highest BCUT2D eigenvalue weighted by molar-refractivity contribution is 5.89. The molecule has 0 spiro atoms. The smallest absolute Gasteiger partial charge is 0.322 e. The molecule has 1 N–H and O–H groups in total. The monoisotopic (exact) mass is 348 g/mol. The van der Waals surface area contributed by atoms with Crippen molar-refractivity contribution in [3.05, 3.63) is 66.1 Å². The maximum absolute atomic E-state index is 12.6. The number of carbonyl (C=O) groups is 1. The highest BCUT2D eigenvalue weighted by Gasteiger charge is 2.34. The molecule has 0 radical (unpaired) electrons. The molecule has 1 saturated heterocycles. The van der Waals surface area contributed by atoms with E-state index in [0.29, 0.717) is 18.3 Å². The number of rotatable bonds is 3. The van der Waals surface area contributed by atoms with Gasteiger partial charge in [0, 0.05) is 17.8 Å². The van der Waals surface area contributed by atoms with Crippen molar-refractivity contribution >= 4 is 11.7 Å². The maximum atomic E-state index is 12.6. The summed E-state index contributed by atoms with van der Waals surface area (Å²) in [6.45, 7) is 2.70. The Hall–Kier alpha value is -3.15. The number of anilines is 1. The van der Waals surface area contributed by atoms with Crippen LogP contribution in [-0.2, 0) is 0 Å². The van der Waals surface area contributed by atoms with Crippen molar-refractivity contribution in [1.29, 1.82) is 0 Å². The summed E-state index contributed by atoms with van der Waals surface area (Å²) in [5, 5.41) is 7.03. The van der Waals surface area contributed by atoms with Crippen molar-refractivity contribution < 1.29 is 9.32 Å². The van der Waals surface area contributed by atoms with Crippen LogP contribution in [0.5, 0.6) is 0 Å². The fraction of sp³-hybridized carbons (Fsp3) is 0.250. The van der Waals surface area contributed by atoms with Gasteiger partial charge in [-0.1, -0.05) is 47.1 Å². The number of hydrogen-bond donors (Lipinski definition) is 1. The number of likely N-dealkylation sites (tertiary alicyclic amines) is 1. The van der Waals surface area contributed by atoms with Gasteiger partial charge in [-0.25, -0.2) is 4.79 Å². The zero-order valence-corrected chi connectivity index (χ0v) is 14.6. The number of carbonyl (C=O) groups excluding carboxylic acids is 1. The predicted molar refractivity (Wildman–Crippen MR) is 98.6 cm³/mol. The van der Waals surface area contributed by atoms with Gasteiger partial charge in [-0.2, -0.15) is 4.98 Å². The molecule has 0 aliphatic carbocycles. The zero-order chi connectivity index (χ0) is 17.9. The lowest BCUT2D eigenvalue weighted by molar-refractivity contribution is 0.193. The summed E-state index contributed by atoms with van der Waals surface area (Å²) < 4.78 is 5.49. The van der Waals surface area contributed by atoms with E-state index < -0.39 is 0 Å². The van der Waals surface area contributed by atoms with Crippen molar-refractivity contribution in [3.63, 3.8) is 0 Å². The molecule has 0 unspecified atom stereocenters. The molecule has 3 aromatic rings. The molecular formula is C20H20N4O2. The molecule has 6 nitrogen and oxygen atoms in total. The van der Waals surface area contributed by atoms with E-state index >= 15 is 0 Å². The SMILES string of the molecule is Cc1cccc(-c2noc([C@H]3CCCN3C(=O)Nc3ccccc3)n2)c1. The van der Waals surface area contributed by atoms with Crippen LogP contribution in [0.15, 0.2) is 59.1 Å². The standard InChI is InChI=1S/C20H20N4O2/c1-14-7-5-8-15(13-14)18-22-19(26-23-18)17-11-6-12-24(17)20(25)21-16-9-3-2-4-10-16/h2-5,7-10,13,17H,6,11-12H2,1H3,(H,21,25)/t17-/m1/s1. The minimum atomic E-state index is -0.190. The van der Waals surface area contributed by atoms with E-state index in [-0.39, 0.29) is 12.1 Å². The average Bonchev–Trinajstić information content (AvgIpc) is 3.32. The number of urea groups is 1. The van der Waals surface area contributed by atoms with Crippen LogP contribution >= 0.6 is 0 Å². The quantitative estimate of drug-likeness (QED) is 0.761. The largest absolute Gasteiger partial charge is 0.337 e. The minimum Gasteiger partial charge on any atom is -0.337 e. The first kappa shape index (κ1) is 16.3. The Bertz CT molecular complexity index is 907. The Labute approximate surface area is 151 Å². The van der Waals surface area contributed by atoms with E-state index in [1.165, 1.54) is 0 Å². The first-order valence-corrected chi connectivity index (χ1v) is 8.74. The van der Waals surface area contributed by atoms with Crippen LogP contribution in [0.25, 0.3) is 11.4 Å². The van der Waals surface area contributed by atoms with E-state index in [0.717, 1.165) is 29.7 Å². The second-order valence-corrected chi connectivity index (χ2v) is 6.47. The normalized spacial score (nSPS) is 16.7. The van der Waals surface area contributed by atoms with E-state index in [1.807, 2.05) is 61.5 Å². The second kappa shape index (κ2) is 7.00. The number of benzene rings is 2. The van der Waals surface area contributed by atoms with Gasteiger partial charge < -0.3 is 14.7 Å².